The molecule has 124 valence electrons. The number of carboxylic acid groups (broad SMARTS) is 1. The zero-order valence-corrected chi connectivity index (χ0v) is 13.3. The fraction of sp³-hybridized carbons (Fsp3) is 0.263. The van der Waals surface area contributed by atoms with E-state index >= 15 is 0 Å². The molecule has 2 aromatic rings. The predicted octanol–water partition coefficient (Wildman–Crippen LogP) is 2.92. The van der Waals surface area contributed by atoms with E-state index in [0.717, 1.165) is 18.4 Å². The van der Waals surface area contributed by atoms with Crippen LogP contribution < -0.4 is 10.6 Å². The number of amides is 2. The van der Waals surface area contributed by atoms with Crippen LogP contribution in [0.2, 0.25) is 0 Å². The van der Waals surface area contributed by atoms with Crippen molar-refractivity contribution in [1.29, 1.82) is 0 Å². The molecule has 0 radical (unpaired) electrons. The molecule has 0 spiro atoms. The molecule has 0 heterocycles. The molecule has 0 saturated heterocycles. The fourth-order valence-electron chi connectivity index (χ4n) is 2.77. The molecular weight excluding hydrogens is 304 g/mol. The van der Waals surface area contributed by atoms with Gasteiger partial charge in [0.25, 0.3) is 0 Å². The zero-order chi connectivity index (χ0) is 17.0. The van der Waals surface area contributed by atoms with E-state index in [4.69, 9.17) is 5.11 Å². The Balaban J connectivity index is 1.47. The van der Waals surface area contributed by atoms with E-state index in [0.29, 0.717) is 13.1 Å². The first kappa shape index (κ1) is 16.1. The number of hydrogen-bond donors (Lipinski definition) is 3. The van der Waals surface area contributed by atoms with Gasteiger partial charge in [-0.1, -0.05) is 42.5 Å². The summed E-state index contributed by atoms with van der Waals surface area (Å²) in [6.45, 7) is 0.991. The Bertz CT molecular complexity index is 722. The summed E-state index contributed by atoms with van der Waals surface area (Å²) in [5, 5.41) is 14.6. The van der Waals surface area contributed by atoms with E-state index in [2.05, 4.69) is 22.8 Å². The van der Waals surface area contributed by atoms with Gasteiger partial charge in [-0.2, -0.15) is 0 Å². The average molecular weight is 324 g/mol. The second-order valence-electron chi connectivity index (χ2n) is 6.18. The lowest BCUT2D eigenvalue weighted by Crippen LogP contribution is -2.39. The number of carbonyl (C=O) groups is 2. The molecule has 2 aromatic carbocycles. The lowest BCUT2D eigenvalue weighted by atomic mass is 9.96. The quantitative estimate of drug-likeness (QED) is 0.764. The van der Waals surface area contributed by atoms with Crippen molar-refractivity contribution in [3.8, 4) is 0 Å². The number of hydrogen-bond acceptors (Lipinski definition) is 2. The summed E-state index contributed by atoms with van der Waals surface area (Å²) in [5.74, 6) is -0.956. The van der Waals surface area contributed by atoms with Crippen LogP contribution in [-0.2, 0) is 12.0 Å². The van der Waals surface area contributed by atoms with Crippen molar-refractivity contribution < 1.29 is 14.7 Å². The van der Waals surface area contributed by atoms with Crippen molar-refractivity contribution in [2.75, 3.05) is 6.54 Å². The summed E-state index contributed by atoms with van der Waals surface area (Å²) in [6, 6.07) is 16.5. The van der Waals surface area contributed by atoms with Gasteiger partial charge in [0.05, 0.1) is 5.56 Å². The molecule has 1 aliphatic carbocycles. The number of nitrogens with one attached hydrogen (secondary N) is 2. The third-order valence-corrected chi connectivity index (χ3v) is 4.48. The molecule has 24 heavy (non-hydrogen) atoms. The Labute approximate surface area is 140 Å². The molecular formula is C19H20N2O3. The minimum absolute atomic E-state index is 0.0851. The Kier molecular flexibility index (Phi) is 4.51. The normalized spacial score (nSPS) is 14.7. The first-order valence-electron chi connectivity index (χ1n) is 7.99. The molecule has 1 saturated carbocycles. The number of rotatable bonds is 6. The highest BCUT2D eigenvalue weighted by Gasteiger charge is 2.44. The van der Waals surface area contributed by atoms with E-state index in [1.807, 2.05) is 18.2 Å². The topological polar surface area (TPSA) is 78.4 Å². The van der Waals surface area contributed by atoms with Crippen molar-refractivity contribution >= 4 is 12.0 Å². The summed E-state index contributed by atoms with van der Waals surface area (Å²) in [5.41, 5.74) is 2.46. The van der Waals surface area contributed by atoms with Crippen molar-refractivity contribution in [3.63, 3.8) is 0 Å². The summed E-state index contributed by atoms with van der Waals surface area (Å²) in [6.07, 6.45) is 2.18. The second-order valence-corrected chi connectivity index (χ2v) is 6.18. The van der Waals surface area contributed by atoms with Gasteiger partial charge in [0.1, 0.15) is 0 Å². The Hall–Kier alpha value is -2.82. The van der Waals surface area contributed by atoms with Gasteiger partial charge in [-0.25, -0.2) is 9.59 Å². The largest absolute Gasteiger partial charge is 0.478 e. The molecule has 5 heteroatoms. The maximum atomic E-state index is 12.0. The third-order valence-electron chi connectivity index (χ3n) is 4.48. The molecule has 5 nitrogen and oxygen atoms in total. The van der Waals surface area contributed by atoms with Crippen LogP contribution in [0.4, 0.5) is 4.79 Å². The second kappa shape index (κ2) is 6.74. The van der Waals surface area contributed by atoms with Gasteiger partial charge in [-0.3, -0.25) is 0 Å². The molecule has 0 aliphatic heterocycles. The maximum absolute atomic E-state index is 12.0. The minimum atomic E-state index is -0.956. The third kappa shape index (κ3) is 3.74. The minimum Gasteiger partial charge on any atom is -0.478 e. The van der Waals surface area contributed by atoms with Gasteiger partial charge in [0.15, 0.2) is 0 Å². The van der Waals surface area contributed by atoms with Crippen LogP contribution in [0.5, 0.6) is 0 Å². The van der Waals surface area contributed by atoms with Crippen molar-refractivity contribution in [2.24, 2.45) is 0 Å². The first-order chi connectivity index (χ1) is 11.6. The summed E-state index contributed by atoms with van der Waals surface area (Å²) < 4.78 is 0. The van der Waals surface area contributed by atoms with Crippen LogP contribution in [0.15, 0.2) is 54.6 Å². The number of benzene rings is 2. The molecule has 1 fully saturated rings. The van der Waals surface area contributed by atoms with Crippen LogP contribution in [0.1, 0.15) is 34.3 Å². The zero-order valence-electron chi connectivity index (χ0n) is 13.3. The van der Waals surface area contributed by atoms with Gasteiger partial charge in [0, 0.05) is 18.5 Å². The summed E-state index contributed by atoms with van der Waals surface area (Å²) >= 11 is 0. The number of urea groups is 1. The van der Waals surface area contributed by atoms with Gasteiger partial charge < -0.3 is 15.7 Å². The maximum Gasteiger partial charge on any atom is 0.335 e. The van der Waals surface area contributed by atoms with Crippen LogP contribution in [0.3, 0.4) is 0 Å². The molecule has 0 aromatic heterocycles. The summed E-state index contributed by atoms with van der Waals surface area (Å²) in [7, 11) is 0. The fourth-order valence-corrected chi connectivity index (χ4v) is 2.77. The van der Waals surface area contributed by atoms with E-state index in [1.165, 1.54) is 17.7 Å². The molecule has 0 atom stereocenters. The number of carbonyl (C=O) groups excluding carboxylic acids is 1. The molecule has 2 amide bonds. The monoisotopic (exact) mass is 324 g/mol. The predicted molar refractivity (Wildman–Crippen MR) is 91.0 cm³/mol. The Morgan fingerprint density at radius 1 is 0.958 bits per heavy atom. The Morgan fingerprint density at radius 2 is 1.62 bits per heavy atom. The van der Waals surface area contributed by atoms with Crippen molar-refractivity contribution in [2.45, 2.75) is 24.8 Å². The van der Waals surface area contributed by atoms with Gasteiger partial charge in [-0.15, -0.1) is 0 Å². The van der Waals surface area contributed by atoms with E-state index in [1.54, 1.807) is 12.1 Å². The number of aromatic carboxylic acids is 1. The smallest absolute Gasteiger partial charge is 0.335 e. The summed E-state index contributed by atoms with van der Waals surface area (Å²) in [4.78, 5) is 22.8. The van der Waals surface area contributed by atoms with E-state index in [-0.39, 0.29) is 17.0 Å². The van der Waals surface area contributed by atoms with E-state index < -0.39 is 5.97 Å². The highest BCUT2D eigenvalue weighted by atomic mass is 16.4. The van der Waals surface area contributed by atoms with Gasteiger partial charge in [-0.05, 0) is 36.1 Å². The SMILES string of the molecule is O=C(NCc1ccc(C(=O)O)cc1)NCC1(c2ccccc2)CC1. The molecule has 0 unspecified atom stereocenters. The van der Waals surface area contributed by atoms with Crippen molar-refractivity contribution in [1.82, 2.24) is 10.6 Å². The van der Waals surface area contributed by atoms with Crippen LogP contribution in [-0.4, -0.2) is 23.7 Å². The van der Waals surface area contributed by atoms with Crippen LogP contribution >= 0.6 is 0 Å². The molecule has 3 rings (SSSR count). The highest BCUT2D eigenvalue weighted by molar-refractivity contribution is 5.87. The van der Waals surface area contributed by atoms with Crippen LogP contribution in [0, 0.1) is 0 Å². The van der Waals surface area contributed by atoms with Crippen molar-refractivity contribution in [3.05, 3.63) is 71.3 Å². The van der Waals surface area contributed by atoms with Gasteiger partial charge in [0.2, 0.25) is 0 Å². The average Bonchev–Trinajstić information content (AvgIpc) is 3.40. The lowest BCUT2D eigenvalue weighted by molar-refractivity contribution is 0.0697. The lowest BCUT2D eigenvalue weighted by Gasteiger charge is -2.17. The number of carboxylic acids is 1. The molecule has 0 bridgehead atoms. The van der Waals surface area contributed by atoms with Crippen LogP contribution in [0.25, 0.3) is 0 Å². The van der Waals surface area contributed by atoms with E-state index in [9.17, 15) is 9.59 Å². The highest BCUT2D eigenvalue weighted by Crippen LogP contribution is 2.47. The standard InChI is InChI=1S/C19H20N2O3/c22-17(23)15-8-6-14(7-9-15)12-20-18(24)21-13-19(10-11-19)16-4-2-1-3-5-16/h1-9H,10-13H2,(H,22,23)(H2,20,21,24). The molecule has 3 N–H and O–H groups in total. The molecule has 1 aliphatic rings. The van der Waals surface area contributed by atoms with Gasteiger partial charge >= 0.3 is 12.0 Å². The Morgan fingerprint density at radius 3 is 2.21 bits per heavy atom. The first-order valence-corrected chi connectivity index (χ1v) is 7.99.